The van der Waals surface area contributed by atoms with E-state index in [1.54, 1.807) is 0 Å². The number of hydrogen-bond donors (Lipinski definition) is 1. The first kappa shape index (κ1) is 16.4. The zero-order valence-corrected chi connectivity index (χ0v) is 15.2. The average molecular weight is 324 g/mol. The summed E-state index contributed by atoms with van der Waals surface area (Å²) < 4.78 is 1.81. The van der Waals surface area contributed by atoms with E-state index in [-0.39, 0.29) is 0 Å². The minimum absolute atomic E-state index is 0.318. The Morgan fingerprint density at radius 3 is 2.46 bits per heavy atom. The van der Waals surface area contributed by atoms with Gasteiger partial charge in [0.15, 0.2) is 5.65 Å². The van der Waals surface area contributed by atoms with E-state index in [0.717, 1.165) is 52.0 Å². The van der Waals surface area contributed by atoms with Crippen LogP contribution >= 0.6 is 0 Å². The number of aryl methyl sites for hydroxylation is 4. The molecule has 0 aliphatic rings. The fourth-order valence-corrected chi connectivity index (χ4v) is 2.83. The van der Waals surface area contributed by atoms with Gasteiger partial charge >= 0.3 is 0 Å². The van der Waals surface area contributed by atoms with Gasteiger partial charge in [-0.15, -0.1) is 0 Å². The number of pyridine rings is 1. The standard InChI is InChI=1S/C18H24N6/c1-7-10(2)20-18-22-14(6)21-17-16(13(5)23-24(17)18)15-9-8-11(3)19-12(15)4/h8-10H,7H2,1-6H3,(H,20,21,22)/t10-/m1/s1. The molecular weight excluding hydrogens is 300 g/mol. The van der Waals surface area contributed by atoms with E-state index in [4.69, 9.17) is 0 Å². The third kappa shape index (κ3) is 2.84. The average Bonchev–Trinajstić information content (AvgIpc) is 2.84. The van der Waals surface area contributed by atoms with E-state index >= 15 is 0 Å². The maximum Gasteiger partial charge on any atom is 0.227 e. The van der Waals surface area contributed by atoms with Crippen LogP contribution in [0.2, 0.25) is 0 Å². The Labute approximate surface area is 142 Å². The molecule has 1 atom stereocenters. The van der Waals surface area contributed by atoms with Crippen molar-refractivity contribution >= 4 is 11.6 Å². The summed E-state index contributed by atoms with van der Waals surface area (Å²) in [6.45, 7) is 12.2. The molecule has 0 aliphatic heterocycles. The molecule has 126 valence electrons. The molecule has 0 saturated carbocycles. The van der Waals surface area contributed by atoms with E-state index in [2.05, 4.69) is 45.3 Å². The van der Waals surface area contributed by atoms with Gasteiger partial charge in [-0.3, -0.25) is 4.98 Å². The molecular formula is C18H24N6. The number of hydrogen-bond acceptors (Lipinski definition) is 5. The summed E-state index contributed by atoms with van der Waals surface area (Å²) in [6.07, 6.45) is 1.01. The van der Waals surface area contributed by atoms with E-state index in [0.29, 0.717) is 6.04 Å². The molecule has 24 heavy (non-hydrogen) atoms. The van der Waals surface area contributed by atoms with Gasteiger partial charge in [0.05, 0.1) is 11.3 Å². The zero-order chi connectivity index (χ0) is 17.4. The monoisotopic (exact) mass is 324 g/mol. The molecule has 3 rings (SSSR count). The van der Waals surface area contributed by atoms with Crippen molar-refractivity contribution in [1.29, 1.82) is 0 Å². The van der Waals surface area contributed by atoms with Crippen LogP contribution < -0.4 is 5.32 Å². The lowest BCUT2D eigenvalue weighted by Gasteiger charge is -2.13. The molecule has 3 heterocycles. The Balaban J connectivity index is 2.25. The molecule has 1 N–H and O–H groups in total. The van der Waals surface area contributed by atoms with Crippen LogP contribution in [0.15, 0.2) is 12.1 Å². The van der Waals surface area contributed by atoms with Crippen LogP contribution in [0.3, 0.4) is 0 Å². The molecule has 3 aromatic rings. The molecule has 3 aromatic heterocycles. The molecule has 0 spiro atoms. The molecule has 0 saturated heterocycles. The first-order chi connectivity index (χ1) is 11.4. The van der Waals surface area contributed by atoms with Crippen LogP contribution in [-0.4, -0.2) is 30.6 Å². The van der Waals surface area contributed by atoms with Crippen molar-refractivity contribution in [3.05, 3.63) is 35.0 Å². The SMILES string of the molecule is CC[C@@H](C)Nc1nc(C)nc2c(-c3ccc(C)nc3C)c(C)nn12. The highest BCUT2D eigenvalue weighted by molar-refractivity contribution is 5.81. The molecule has 0 bridgehead atoms. The molecule has 0 aliphatic carbocycles. The Kier molecular flexibility index (Phi) is 4.22. The number of nitrogens with zero attached hydrogens (tertiary/aromatic N) is 5. The summed E-state index contributed by atoms with van der Waals surface area (Å²) in [5.41, 5.74) is 5.84. The second kappa shape index (κ2) is 6.19. The van der Waals surface area contributed by atoms with Gasteiger partial charge < -0.3 is 5.32 Å². The smallest absolute Gasteiger partial charge is 0.227 e. The van der Waals surface area contributed by atoms with Crippen molar-refractivity contribution in [2.45, 2.75) is 54.0 Å². The fraction of sp³-hybridized carbons (Fsp3) is 0.444. The predicted octanol–water partition coefficient (Wildman–Crippen LogP) is 3.63. The summed E-state index contributed by atoms with van der Waals surface area (Å²) in [5.74, 6) is 1.46. The van der Waals surface area contributed by atoms with Crippen LogP contribution in [-0.2, 0) is 0 Å². The zero-order valence-electron chi connectivity index (χ0n) is 15.2. The van der Waals surface area contributed by atoms with Gasteiger partial charge in [-0.25, -0.2) is 4.98 Å². The number of aromatic nitrogens is 5. The second-order valence-electron chi connectivity index (χ2n) is 6.33. The molecule has 6 heteroatoms. The van der Waals surface area contributed by atoms with Gasteiger partial charge in [0, 0.05) is 23.0 Å². The third-order valence-corrected chi connectivity index (χ3v) is 4.25. The Morgan fingerprint density at radius 1 is 1.04 bits per heavy atom. The first-order valence-electron chi connectivity index (χ1n) is 8.35. The van der Waals surface area contributed by atoms with Gasteiger partial charge in [0.1, 0.15) is 5.82 Å². The highest BCUT2D eigenvalue weighted by Crippen LogP contribution is 2.30. The van der Waals surface area contributed by atoms with E-state index in [9.17, 15) is 0 Å². The minimum atomic E-state index is 0.318. The summed E-state index contributed by atoms with van der Waals surface area (Å²) in [4.78, 5) is 13.8. The van der Waals surface area contributed by atoms with Crippen LogP contribution in [0.25, 0.3) is 16.8 Å². The maximum absolute atomic E-state index is 4.68. The topological polar surface area (TPSA) is 68.0 Å². The van der Waals surface area contributed by atoms with E-state index in [1.807, 2.05) is 38.3 Å². The van der Waals surface area contributed by atoms with Crippen LogP contribution in [0.1, 0.15) is 43.2 Å². The third-order valence-electron chi connectivity index (χ3n) is 4.25. The van der Waals surface area contributed by atoms with Gasteiger partial charge in [-0.05, 0) is 47.1 Å². The van der Waals surface area contributed by atoms with E-state index in [1.165, 1.54) is 0 Å². The summed E-state index contributed by atoms with van der Waals surface area (Å²) in [6, 6.07) is 4.44. The molecule has 0 aromatic carbocycles. The Morgan fingerprint density at radius 2 is 1.79 bits per heavy atom. The van der Waals surface area contributed by atoms with Crippen molar-refractivity contribution in [2.24, 2.45) is 0 Å². The van der Waals surface area contributed by atoms with Crippen molar-refractivity contribution in [3.63, 3.8) is 0 Å². The molecule has 6 nitrogen and oxygen atoms in total. The fourth-order valence-electron chi connectivity index (χ4n) is 2.83. The Hall–Kier alpha value is -2.50. The molecule has 0 unspecified atom stereocenters. The van der Waals surface area contributed by atoms with Gasteiger partial charge in [-0.2, -0.15) is 14.6 Å². The number of fused-ring (bicyclic) bond motifs is 1. The van der Waals surface area contributed by atoms with Crippen LogP contribution in [0, 0.1) is 27.7 Å². The van der Waals surface area contributed by atoms with Crippen molar-refractivity contribution < 1.29 is 0 Å². The van der Waals surface area contributed by atoms with Gasteiger partial charge in [-0.1, -0.05) is 13.0 Å². The second-order valence-corrected chi connectivity index (χ2v) is 6.33. The quantitative estimate of drug-likeness (QED) is 0.793. The van der Waals surface area contributed by atoms with Crippen LogP contribution in [0.4, 0.5) is 5.95 Å². The number of rotatable bonds is 4. The number of anilines is 1. The van der Waals surface area contributed by atoms with Crippen molar-refractivity contribution in [1.82, 2.24) is 24.6 Å². The Bertz CT molecular complexity index is 896. The van der Waals surface area contributed by atoms with Gasteiger partial charge in [0.25, 0.3) is 0 Å². The van der Waals surface area contributed by atoms with Crippen molar-refractivity contribution in [2.75, 3.05) is 5.32 Å². The summed E-state index contributed by atoms with van der Waals surface area (Å²) >= 11 is 0. The molecule has 0 fully saturated rings. The lowest BCUT2D eigenvalue weighted by Crippen LogP contribution is -2.18. The summed E-state index contributed by atoms with van der Waals surface area (Å²) in [7, 11) is 0. The minimum Gasteiger partial charge on any atom is -0.352 e. The van der Waals surface area contributed by atoms with Crippen LogP contribution in [0.5, 0.6) is 0 Å². The maximum atomic E-state index is 4.68. The predicted molar refractivity (Wildman–Crippen MR) is 96.3 cm³/mol. The lowest BCUT2D eigenvalue weighted by atomic mass is 10.0. The van der Waals surface area contributed by atoms with Gasteiger partial charge in [0.2, 0.25) is 5.95 Å². The lowest BCUT2D eigenvalue weighted by molar-refractivity contribution is 0.733. The molecule has 0 amide bonds. The largest absolute Gasteiger partial charge is 0.352 e. The van der Waals surface area contributed by atoms with E-state index < -0.39 is 0 Å². The highest BCUT2D eigenvalue weighted by atomic mass is 15.4. The van der Waals surface area contributed by atoms with Crippen molar-refractivity contribution in [3.8, 4) is 11.1 Å². The number of nitrogens with one attached hydrogen (secondary N) is 1. The normalized spacial score (nSPS) is 12.6. The highest BCUT2D eigenvalue weighted by Gasteiger charge is 2.19. The first-order valence-corrected chi connectivity index (χ1v) is 8.35. The summed E-state index contributed by atoms with van der Waals surface area (Å²) in [5, 5.41) is 8.11. The molecule has 0 radical (unpaired) electrons.